The maximum absolute atomic E-state index is 12.3. The van der Waals surface area contributed by atoms with Crippen LogP contribution < -0.4 is 26.0 Å². The second kappa shape index (κ2) is 7.92. The van der Waals surface area contributed by atoms with E-state index in [1.54, 1.807) is 24.3 Å². The number of nitrogens with one attached hydrogen (secondary N) is 2. The van der Waals surface area contributed by atoms with Gasteiger partial charge in [-0.15, -0.1) is 0 Å². The van der Waals surface area contributed by atoms with E-state index in [1.165, 1.54) is 0 Å². The van der Waals surface area contributed by atoms with Gasteiger partial charge in [-0.2, -0.15) is 4.98 Å². The summed E-state index contributed by atoms with van der Waals surface area (Å²) in [6.07, 6.45) is 0.589. The summed E-state index contributed by atoms with van der Waals surface area (Å²) in [4.78, 5) is 30.5. The van der Waals surface area contributed by atoms with Gasteiger partial charge in [0.15, 0.2) is 5.82 Å². The molecular weight excluding hydrogens is 413 g/mol. The average molecular weight is 437 g/mol. The fourth-order valence-corrected chi connectivity index (χ4v) is 4.73. The Morgan fingerprint density at radius 3 is 2.80 bits per heavy atom. The molecule has 1 aliphatic carbocycles. The zero-order valence-corrected chi connectivity index (χ0v) is 17.2. The van der Waals surface area contributed by atoms with Gasteiger partial charge in [-0.25, -0.2) is 4.57 Å². The SMILES string of the molecule is Cc1ccc(OP(=O)(O)OCC2CC(N3CNc4c3nc(N)[nH]c4=O)C2CO)cc1. The first-order chi connectivity index (χ1) is 14.3. The maximum atomic E-state index is 12.3. The highest BCUT2D eigenvalue weighted by atomic mass is 31.2. The Morgan fingerprint density at radius 1 is 1.37 bits per heavy atom. The third kappa shape index (κ3) is 4.01. The lowest BCUT2D eigenvalue weighted by Gasteiger charge is -2.48. The van der Waals surface area contributed by atoms with Crippen molar-refractivity contribution >= 4 is 25.3 Å². The number of nitrogens with two attached hydrogens (primary N) is 1. The van der Waals surface area contributed by atoms with Crippen molar-refractivity contribution < 1.29 is 23.6 Å². The van der Waals surface area contributed by atoms with Gasteiger partial charge < -0.3 is 25.6 Å². The van der Waals surface area contributed by atoms with Crippen LogP contribution in [0.2, 0.25) is 0 Å². The van der Waals surface area contributed by atoms with E-state index < -0.39 is 7.82 Å². The van der Waals surface area contributed by atoms with E-state index in [1.807, 2.05) is 11.8 Å². The summed E-state index contributed by atoms with van der Waals surface area (Å²) in [7, 11) is -4.29. The number of nitrogens with zero attached hydrogens (tertiary/aromatic N) is 2. The van der Waals surface area contributed by atoms with E-state index in [4.69, 9.17) is 14.8 Å². The zero-order valence-electron chi connectivity index (χ0n) is 16.3. The number of aliphatic hydroxyl groups excluding tert-OH is 1. The molecule has 2 aromatic rings. The molecule has 0 bridgehead atoms. The van der Waals surface area contributed by atoms with E-state index in [0.29, 0.717) is 24.6 Å². The van der Waals surface area contributed by atoms with Gasteiger partial charge in [-0.1, -0.05) is 17.7 Å². The molecule has 4 atom stereocenters. The summed E-state index contributed by atoms with van der Waals surface area (Å²) in [5.74, 6) is 0.325. The lowest BCUT2D eigenvalue weighted by Crippen LogP contribution is -2.55. The summed E-state index contributed by atoms with van der Waals surface area (Å²) in [5, 5.41) is 12.8. The summed E-state index contributed by atoms with van der Waals surface area (Å²) >= 11 is 0. The first kappa shape index (κ1) is 20.7. The number of aromatic amines is 1. The summed E-state index contributed by atoms with van der Waals surface area (Å²) in [6.45, 7) is 2.08. The van der Waals surface area contributed by atoms with Crippen LogP contribution in [-0.2, 0) is 9.09 Å². The van der Waals surface area contributed by atoms with Crippen LogP contribution in [0.4, 0.5) is 17.5 Å². The summed E-state index contributed by atoms with van der Waals surface area (Å²) in [5.41, 5.74) is 6.64. The van der Waals surface area contributed by atoms with Crippen LogP contribution in [0, 0.1) is 18.8 Å². The summed E-state index contributed by atoms with van der Waals surface area (Å²) < 4.78 is 22.5. The molecule has 1 aromatic carbocycles. The Labute approximate surface area is 172 Å². The number of aromatic nitrogens is 2. The van der Waals surface area contributed by atoms with Gasteiger partial charge in [0.1, 0.15) is 11.4 Å². The number of phosphoric acid groups is 1. The molecule has 1 aromatic heterocycles. The van der Waals surface area contributed by atoms with Crippen LogP contribution in [0.25, 0.3) is 0 Å². The molecule has 4 unspecified atom stereocenters. The molecule has 0 saturated heterocycles. The first-order valence-corrected chi connectivity index (χ1v) is 11.0. The first-order valence-electron chi connectivity index (χ1n) is 9.52. The highest BCUT2D eigenvalue weighted by Gasteiger charge is 2.47. The predicted molar refractivity (Wildman–Crippen MR) is 110 cm³/mol. The van der Waals surface area contributed by atoms with Crippen LogP contribution in [-0.4, -0.2) is 45.9 Å². The highest BCUT2D eigenvalue weighted by molar-refractivity contribution is 7.47. The standard InChI is InChI=1S/C18H24N5O6P/c1-10-2-4-12(5-3-10)29-30(26,27)28-8-11-6-14(13(11)7-24)23-9-20-15-16(23)21-18(19)22-17(15)25/h2-5,11,13-14,20,24H,6-9H2,1H3,(H,26,27)(H3,19,21,22,25). The second-order valence-electron chi connectivity index (χ2n) is 7.53. The normalized spacial score (nSPS) is 24.5. The van der Waals surface area contributed by atoms with Crippen molar-refractivity contribution in [3.63, 3.8) is 0 Å². The van der Waals surface area contributed by atoms with E-state index in [9.17, 15) is 19.4 Å². The van der Waals surface area contributed by atoms with Crippen molar-refractivity contribution in [1.82, 2.24) is 9.97 Å². The van der Waals surface area contributed by atoms with Gasteiger partial charge in [-0.3, -0.25) is 19.2 Å². The van der Waals surface area contributed by atoms with Crippen molar-refractivity contribution in [2.75, 3.05) is 35.8 Å². The summed E-state index contributed by atoms with van der Waals surface area (Å²) in [6, 6.07) is 6.61. The minimum atomic E-state index is -4.29. The van der Waals surface area contributed by atoms with Gasteiger partial charge in [0.2, 0.25) is 5.95 Å². The number of fused-ring (bicyclic) bond motifs is 1. The third-order valence-electron chi connectivity index (χ3n) is 5.57. The Kier molecular flexibility index (Phi) is 5.46. The molecule has 0 amide bonds. The Hall–Kier alpha value is -2.59. The van der Waals surface area contributed by atoms with E-state index in [2.05, 4.69) is 15.3 Å². The Balaban J connectivity index is 1.38. The molecular formula is C18H24N5O6P. The molecule has 1 saturated carbocycles. The number of anilines is 3. The van der Waals surface area contributed by atoms with Crippen LogP contribution in [0.15, 0.2) is 29.1 Å². The molecule has 11 nitrogen and oxygen atoms in total. The zero-order chi connectivity index (χ0) is 21.5. The molecule has 2 heterocycles. The number of hydrogen-bond acceptors (Lipinski definition) is 9. The average Bonchev–Trinajstić information content (AvgIpc) is 3.06. The van der Waals surface area contributed by atoms with E-state index in [-0.39, 0.29) is 48.3 Å². The fraction of sp³-hybridized carbons (Fsp3) is 0.444. The monoisotopic (exact) mass is 437 g/mol. The van der Waals surface area contributed by atoms with Crippen LogP contribution in [0.1, 0.15) is 12.0 Å². The van der Waals surface area contributed by atoms with E-state index in [0.717, 1.165) is 5.56 Å². The molecule has 1 aliphatic heterocycles. The second-order valence-corrected chi connectivity index (χ2v) is 8.91. The predicted octanol–water partition coefficient (Wildman–Crippen LogP) is 1.04. The van der Waals surface area contributed by atoms with Gasteiger partial charge in [-0.05, 0) is 31.4 Å². The van der Waals surface area contributed by atoms with Gasteiger partial charge >= 0.3 is 7.82 Å². The minimum Gasteiger partial charge on any atom is -0.404 e. The topological polar surface area (TPSA) is 163 Å². The van der Waals surface area contributed by atoms with Crippen molar-refractivity contribution in [1.29, 1.82) is 0 Å². The van der Waals surface area contributed by atoms with Gasteiger partial charge in [0.05, 0.1) is 13.3 Å². The highest BCUT2D eigenvalue weighted by Crippen LogP contribution is 2.48. The number of H-pyrrole nitrogens is 1. The molecule has 0 spiro atoms. The molecule has 2 aliphatic rings. The van der Waals surface area contributed by atoms with Crippen molar-refractivity contribution in [2.24, 2.45) is 11.8 Å². The van der Waals surface area contributed by atoms with Crippen molar-refractivity contribution in [3.8, 4) is 5.75 Å². The van der Waals surface area contributed by atoms with Gasteiger partial charge in [0, 0.05) is 18.6 Å². The molecule has 4 rings (SSSR count). The number of aryl methyl sites for hydroxylation is 1. The van der Waals surface area contributed by atoms with Crippen LogP contribution in [0.3, 0.4) is 0 Å². The number of rotatable bonds is 7. The minimum absolute atomic E-state index is 0.0154. The molecule has 30 heavy (non-hydrogen) atoms. The molecule has 0 radical (unpaired) electrons. The number of phosphoric ester groups is 1. The van der Waals surface area contributed by atoms with Gasteiger partial charge in [0.25, 0.3) is 5.56 Å². The van der Waals surface area contributed by atoms with Crippen molar-refractivity contribution in [2.45, 2.75) is 19.4 Å². The Bertz CT molecular complexity index is 1030. The molecule has 12 heteroatoms. The Morgan fingerprint density at radius 2 is 2.10 bits per heavy atom. The number of hydrogen-bond donors (Lipinski definition) is 5. The lowest BCUT2D eigenvalue weighted by atomic mass is 9.69. The van der Waals surface area contributed by atoms with E-state index >= 15 is 0 Å². The fourth-order valence-electron chi connectivity index (χ4n) is 3.91. The molecule has 1 fully saturated rings. The largest absolute Gasteiger partial charge is 0.527 e. The third-order valence-corrected chi connectivity index (χ3v) is 6.48. The number of nitrogen functional groups attached to an aromatic ring is 1. The quantitative estimate of drug-likeness (QED) is 0.396. The maximum Gasteiger partial charge on any atom is 0.527 e. The lowest BCUT2D eigenvalue weighted by molar-refractivity contribution is 0.0217. The van der Waals surface area contributed by atoms with Crippen LogP contribution in [0.5, 0.6) is 5.75 Å². The van der Waals surface area contributed by atoms with Crippen LogP contribution >= 0.6 is 7.82 Å². The number of benzene rings is 1. The smallest absolute Gasteiger partial charge is 0.404 e. The number of aliphatic hydroxyl groups is 1. The molecule has 6 N–H and O–H groups in total. The molecule has 162 valence electrons. The van der Waals surface area contributed by atoms with Crippen molar-refractivity contribution in [3.05, 3.63) is 40.2 Å².